The molecule has 2 rings (SSSR count). The fraction of sp³-hybridized carbons (Fsp3) is 0.353. The summed E-state index contributed by atoms with van der Waals surface area (Å²) in [4.78, 5) is 4.47. The zero-order valence-corrected chi connectivity index (χ0v) is 12.1. The van der Waals surface area contributed by atoms with Gasteiger partial charge in [0.15, 0.2) is 0 Å². The second-order valence-corrected chi connectivity index (χ2v) is 5.00. The molecule has 1 atom stereocenters. The summed E-state index contributed by atoms with van der Waals surface area (Å²) in [5.74, 6) is -0.137. The molecule has 106 valence electrons. The lowest BCUT2D eigenvalue weighted by Gasteiger charge is -2.16. The number of nitrogens with zero attached hydrogens (tertiary/aromatic N) is 1. The highest BCUT2D eigenvalue weighted by atomic mass is 19.1. The van der Waals surface area contributed by atoms with Crippen molar-refractivity contribution >= 4 is 0 Å². The van der Waals surface area contributed by atoms with E-state index in [0.717, 1.165) is 24.1 Å². The Morgan fingerprint density at radius 3 is 2.55 bits per heavy atom. The molecule has 0 spiro atoms. The first-order chi connectivity index (χ1) is 9.72. The van der Waals surface area contributed by atoms with Crippen LogP contribution < -0.4 is 5.32 Å². The average molecular weight is 272 g/mol. The molecule has 3 heteroatoms. The Morgan fingerprint density at radius 2 is 1.95 bits per heavy atom. The van der Waals surface area contributed by atoms with Crippen molar-refractivity contribution in [3.8, 4) is 0 Å². The van der Waals surface area contributed by atoms with Crippen LogP contribution in [0.2, 0.25) is 0 Å². The van der Waals surface area contributed by atoms with Crippen LogP contribution in [0.3, 0.4) is 0 Å². The number of nitrogens with one attached hydrogen (secondary N) is 1. The zero-order chi connectivity index (χ0) is 14.4. The zero-order valence-electron chi connectivity index (χ0n) is 12.1. The van der Waals surface area contributed by atoms with E-state index in [2.05, 4.69) is 29.4 Å². The van der Waals surface area contributed by atoms with Gasteiger partial charge in [-0.3, -0.25) is 4.98 Å². The largest absolute Gasteiger partial charge is 0.316 e. The van der Waals surface area contributed by atoms with Crippen LogP contribution in [0.1, 0.15) is 23.7 Å². The minimum absolute atomic E-state index is 0.137. The molecule has 0 amide bonds. The van der Waals surface area contributed by atoms with Crippen LogP contribution in [0.4, 0.5) is 4.39 Å². The molecule has 0 aliphatic rings. The summed E-state index contributed by atoms with van der Waals surface area (Å²) in [6, 6.07) is 11.3. The van der Waals surface area contributed by atoms with Gasteiger partial charge in [0.25, 0.3) is 0 Å². The average Bonchev–Trinajstić information content (AvgIpc) is 2.49. The van der Waals surface area contributed by atoms with E-state index in [1.54, 1.807) is 6.07 Å². The van der Waals surface area contributed by atoms with Gasteiger partial charge in [-0.2, -0.15) is 0 Å². The lowest BCUT2D eigenvalue weighted by Crippen LogP contribution is -2.30. The molecule has 0 bridgehead atoms. The van der Waals surface area contributed by atoms with Gasteiger partial charge in [0.2, 0.25) is 0 Å². The number of aryl methyl sites for hydroxylation is 1. The molecule has 0 aliphatic heterocycles. The van der Waals surface area contributed by atoms with Crippen LogP contribution in [0.25, 0.3) is 0 Å². The molecule has 0 aliphatic carbocycles. The van der Waals surface area contributed by atoms with Crippen molar-refractivity contribution in [2.45, 2.75) is 32.2 Å². The van der Waals surface area contributed by atoms with Crippen LogP contribution in [-0.2, 0) is 19.3 Å². The number of halogens is 1. The van der Waals surface area contributed by atoms with Gasteiger partial charge in [0.05, 0.1) is 0 Å². The third-order valence-electron chi connectivity index (χ3n) is 3.58. The monoisotopic (exact) mass is 272 g/mol. The molecular formula is C17H21FN2. The number of rotatable bonds is 6. The number of pyridine rings is 1. The van der Waals surface area contributed by atoms with Crippen molar-refractivity contribution in [1.82, 2.24) is 10.3 Å². The molecule has 1 unspecified atom stereocenters. The smallest absolute Gasteiger partial charge is 0.126 e. The van der Waals surface area contributed by atoms with Crippen molar-refractivity contribution in [1.29, 1.82) is 0 Å². The molecule has 2 nitrogen and oxygen atoms in total. The Balaban J connectivity index is 2.03. The SMILES string of the molecule is CCc1ccc(CC(Cc2ccccc2F)NC)nc1. The third kappa shape index (κ3) is 3.87. The maximum Gasteiger partial charge on any atom is 0.126 e. The second-order valence-electron chi connectivity index (χ2n) is 5.00. The Kier molecular flexibility index (Phi) is 5.24. The lowest BCUT2D eigenvalue weighted by atomic mass is 10.0. The van der Waals surface area contributed by atoms with E-state index < -0.39 is 0 Å². The predicted molar refractivity (Wildman–Crippen MR) is 80.3 cm³/mol. The van der Waals surface area contributed by atoms with Gasteiger partial charge in [-0.05, 0) is 43.1 Å². The van der Waals surface area contributed by atoms with E-state index in [0.29, 0.717) is 6.42 Å². The van der Waals surface area contributed by atoms with Gasteiger partial charge in [-0.1, -0.05) is 31.2 Å². The highest BCUT2D eigenvalue weighted by Gasteiger charge is 2.11. The summed E-state index contributed by atoms with van der Waals surface area (Å²) >= 11 is 0. The number of hydrogen-bond donors (Lipinski definition) is 1. The summed E-state index contributed by atoms with van der Waals surface area (Å²) in [6.45, 7) is 2.12. The van der Waals surface area contributed by atoms with Crippen molar-refractivity contribution in [2.75, 3.05) is 7.05 Å². The molecule has 0 saturated carbocycles. The van der Waals surface area contributed by atoms with E-state index in [1.165, 1.54) is 11.6 Å². The lowest BCUT2D eigenvalue weighted by molar-refractivity contribution is 0.528. The highest BCUT2D eigenvalue weighted by molar-refractivity contribution is 5.20. The maximum atomic E-state index is 13.7. The van der Waals surface area contributed by atoms with Gasteiger partial charge in [0, 0.05) is 24.4 Å². The molecule has 1 aromatic heterocycles. The topological polar surface area (TPSA) is 24.9 Å². The standard InChI is InChI=1S/C17H21FN2/c1-3-13-8-9-15(20-12-13)11-16(19-2)10-14-6-4-5-7-17(14)18/h4-9,12,16,19H,3,10-11H2,1-2H3. The fourth-order valence-corrected chi connectivity index (χ4v) is 2.24. The van der Waals surface area contributed by atoms with Crippen LogP contribution >= 0.6 is 0 Å². The number of likely N-dealkylation sites (N-methyl/N-ethyl adjacent to an activating group) is 1. The van der Waals surface area contributed by atoms with Crippen LogP contribution in [-0.4, -0.2) is 18.1 Å². The van der Waals surface area contributed by atoms with E-state index in [1.807, 2.05) is 25.4 Å². The van der Waals surface area contributed by atoms with Gasteiger partial charge in [-0.15, -0.1) is 0 Å². The number of benzene rings is 1. The Bertz CT molecular complexity index is 537. The first kappa shape index (κ1) is 14.7. The van der Waals surface area contributed by atoms with Gasteiger partial charge in [0.1, 0.15) is 5.82 Å². The Hall–Kier alpha value is -1.74. The summed E-state index contributed by atoms with van der Waals surface area (Å²) in [5.41, 5.74) is 3.03. The highest BCUT2D eigenvalue weighted by Crippen LogP contribution is 2.12. The molecule has 20 heavy (non-hydrogen) atoms. The Labute approximate surface area is 120 Å². The van der Waals surface area contributed by atoms with Crippen molar-refractivity contribution in [3.05, 3.63) is 65.2 Å². The predicted octanol–water partition coefficient (Wildman–Crippen LogP) is 3.16. The van der Waals surface area contributed by atoms with Gasteiger partial charge < -0.3 is 5.32 Å². The minimum Gasteiger partial charge on any atom is -0.316 e. The second kappa shape index (κ2) is 7.15. The minimum atomic E-state index is -0.137. The normalized spacial score (nSPS) is 12.3. The third-order valence-corrected chi connectivity index (χ3v) is 3.58. The maximum absolute atomic E-state index is 13.7. The summed E-state index contributed by atoms with van der Waals surface area (Å²) in [6.07, 6.45) is 4.39. The molecule has 1 N–H and O–H groups in total. The Morgan fingerprint density at radius 1 is 1.15 bits per heavy atom. The van der Waals surface area contributed by atoms with E-state index in [9.17, 15) is 4.39 Å². The summed E-state index contributed by atoms with van der Waals surface area (Å²) < 4.78 is 13.7. The van der Waals surface area contributed by atoms with Crippen molar-refractivity contribution in [3.63, 3.8) is 0 Å². The van der Waals surface area contributed by atoms with E-state index >= 15 is 0 Å². The molecule has 0 fully saturated rings. The van der Waals surface area contributed by atoms with Crippen LogP contribution in [0, 0.1) is 5.82 Å². The van der Waals surface area contributed by atoms with Gasteiger partial charge >= 0.3 is 0 Å². The number of hydrogen-bond acceptors (Lipinski definition) is 2. The van der Waals surface area contributed by atoms with Crippen LogP contribution in [0.15, 0.2) is 42.6 Å². The van der Waals surface area contributed by atoms with E-state index in [4.69, 9.17) is 0 Å². The van der Waals surface area contributed by atoms with Crippen LogP contribution in [0.5, 0.6) is 0 Å². The molecule has 0 radical (unpaired) electrons. The molecule has 2 aromatic rings. The van der Waals surface area contributed by atoms with Crippen molar-refractivity contribution < 1.29 is 4.39 Å². The molecular weight excluding hydrogens is 251 g/mol. The van der Waals surface area contributed by atoms with E-state index in [-0.39, 0.29) is 11.9 Å². The first-order valence-corrected chi connectivity index (χ1v) is 7.07. The fourth-order valence-electron chi connectivity index (χ4n) is 2.24. The molecule has 1 heterocycles. The quantitative estimate of drug-likeness (QED) is 0.873. The summed E-state index contributed by atoms with van der Waals surface area (Å²) in [7, 11) is 1.91. The van der Waals surface area contributed by atoms with Crippen molar-refractivity contribution in [2.24, 2.45) is 0 Å². The first-order valence-electron chi connectivity index (χ1n) is 7.07. The summed E-state index contributed by atoms with van der Waals surface area (Å²) in [5, 5.41) is 3.25. The molecule has 1 aromatic carbocycles. The van der Waals surface area contributed by atoms with Gasteiger partial charge in [-0.25, -0.2) is 4.39 Å². The number of aromatic nitrogens is 1. The molecule has 0 saturated heterocycles.